The normalized spacial score (nSPS) is 15.6. The lowest BCUT2D eigenvalue weighted by atomic mass is 10.1. The molecule has 7 heteroatoms. The molecule has 0 aliphatic carbocycles. The van der Waals surface area contributed by atoms with E-state index in [1.165, 1.54) is 17.2 Å². The van der Waals surface area contributed by atoms with Gasteiger partial charge in [-0.3, -0.25) is 14.9 Å². The second kappa shape index (κ2) is 6.62. The number of rotatable bonds is 4. The van der Waals surface area contributed by atoms with E-state index < -0.39 is 0 Å². The van der Waals surface area contributed by atoms with Gasteiger partial charge in [0, 0.05) is 6.07 Å². The molecule has 120 valence electrons. The maximum Gasteiger partial charge on any atom is 0.289 e. The fourth-order valence-corrected chi connectivity index (χ4v) is 2.87. The minimum absolute atomic E-state index is 0.0975. The standard InChI is InChI=1S/C16H17N3O4/c20-16(15-6-3-11-23-15)18-9-7-17(8-10-18)12-13-4-1-2-5-14(13)19(21)22/h1-6,11H,7-10,12H2/p+1. The van der Waals surface area contributed by atoms with Crippen molar-refractivity contribution in [3.8, 4) is 0 Å². The Hall–Kier alpha value is -2.67. The smallest absolute Gasteiger partial charge is 0.289 e. The number of carbonyl (C=O) groups excluding carboxylic acids is 1. The molecule has 0 spiro atoms. The average Bonchev–Trinajstić information content (AvgIpc) is 3.10. The zero-order chi connectivity index (χ0) is 16.2. The van der Waals surface area contributed by atoms with Crippen molar-refractivity contribution in [2.75, 3.05) is 26.2 Å². The van der Waals surface area contributed by atoms with Crippen LogP contribution in [0.4, 0.5) is 5.69 Å². The van der Waals surface area contributed by atoms with E-state index in [0.29, 0.717) is 25.4 Å². The fourth-order valence-electron chi connectivity index (χ4n) is 2.87. The highest BCUT2D eigenvalue weighted by Gasteiger charge is 2.27. The van der Waals surface area contributed by atoms with Crippen molar-refractivity contribution >= 4 is 11.6 Å². The maximum atomic E-state index is 12.2. The number of nitro groups is 1. The molecule has 1 N–H and O–H groups in total. The van der Waals surface area contributed by atoms with Crippen LogP contribution in [-0.2, 0) is 6.54 Å². The fraction of sp³-hybridized carbons (Fsp3) is 0.312. The number of hydrogen-bond donors (Lipinski definition) is 1. The van der Waals surface area contributed by atoms with Gasteiger partial charge in [-0.1, -0.05) is 12.1 Å². The monoisotopic (exact) mass is 316 g/mol. The minimum Gasteiger partial charge on any atom is -0.459 e. The Bertz CT molecular complexity index is 691. The third-order valence-corrected chi connectivity index (χ3v) is 4.12. The molecule has 23 heavy (non-hydrogen) atoms. The SMILES string of the molecule is O=C(c1ccco1)N1CC[NH+](Cc2ccccc2[N+](=O)[O-])CC1. The van der Waals surface area contributed by atoms with Crippen LogP contribution < -0.4 is 4.90 Å². The summed E-state index contributed by atoms with van der Waals surface area (Å²) in [4.78, 5) is 25.9. The van der Waals surface area contributed by atoms with Crippen LogP contribution in [0.15, 0.2) is 47.1 Å². The van der Waals surface area contributed by atoms with Crippen LogP contribution >= 0.6 is 0 Å². The molecule has 2 aromatic rings. The lowest BCUT2D eigenvalue weighted by molar-refractivity contribution is -0.917. The quantitative estimate of drug-likeness (QED) is 0.666. The first-order valence-electron chi connectivity index (χ1n) is 7.54. The number of amides is 1. The van der Waals surface area contributed by atoms with E-state index in [-0.39, 0.29) is 16.5 Å². The van der Waals surface area contributed by atoms with Crippen molar-refractivity contribution in [3.63, 3.8) is 0 Å². The molecule has 1 saturated heterocycles. The minimum atomic E-state index is -0.342. The van der Waals surface area contributed by atoms with Gasteiger partial charge in [0.2, 0.25) is 0 Å². The van der Waals surface area contributed by atoms with Gasteiger partial charge < -0.3 is 14.2 Å². The summed E-state index contributed by atoms with van der Waals surface area (Å²) in [6, 6.07) is 10.2. The Morgan fingerprint density at radius 1 is 1.22 bits per heavy atom. The van der Waals surface area contributed by atoms with Gasteiger partial charge in [0.25, 0.3) is 11.6 Å². The Labute approximate surface area is 133 Å². The number of furan rings is 1. The molecular formula is C16H18N3O4+. The zero-order valence-corrected chi connectivity index (χ0v) is 12.6. The molecule has 1 aromatic heterocycles. The molecule has 7 nitrogen and oxygen atoms in total. The van der Waals surface area contributed by atoms with Crippen molar-refractivity contribution in [3.05, 3.63) is 64.1 Å². The van der Waals surface area contributed by atoms with Crippen molar-refractivity contribution < 1.29 is 19.0 Å². The van der Waals surface area contributed by atoms with Crippen LogP contribution in [0.5, 0.6) is 0 Å². The van der Waals surface area contributed by atoms with Gasteiger partial charge in [-0.25, -0.2) is 0 Å². The lowest BCUT2D eigenvalue weighted by Gasteiger charge is -2.31. The summed E-state index contributed by atoms with van der Waals surface area (Å²) in [5.41, 5.74) is 0.896. The number of quaternary nitrogens is 1. The molecule has 1 aliphatic heterocycles. The highest BCUT2D eigenvalue weighted by atomic mass is 16.6. The van der Waals surface area contributed by atoms with E-state index in [1.807, 2.05) is 6.07 Å². The summed E-state index contributed by atoms with van der Waals surface area (Å²) in [6.07, 6.45) is 1.49. The van der Waals surface area contributed by atoms with Crippen LogP contribution in [-0.4, -0.2) is 41.9 Å². The Balaban J connectivity index is 1.60. The molecule has 0 unspecified atom stereocenters. The summed E-state index contributed by atoms with van der Waals surface area (Å²) in [5, 5.41) is 11.1. The van der Waals surface area contributed by atoms with Gasteiger partial charge in [0.1, 0.15) is 6.54 Å². The first-order chi connectivity index (χ1) is 11.1. The van der Waals surface area contributed by atoms with E-state index in [4.69, 9.17) is 4.42 Å². The molecule has 2 heterocycles. The highest BCUT2D eigenvalue weighted by molar-refractivity contribution is 5.91. The van der Waals surface area contributed by atoms with Crippen LogP contribution in [0.1, 0.15) is 16.1 Å². The number of nitrogens with one attached hydrogen (secondary N) is 1. The van der Waals surface area contributed by atoms with Crippen LogP contribution in [0, 0.1) is 10.1 Å². The molecule has 1 fully saturated rings. The molecule has 1 amide bonds. The number of nitrogens with zero attached hydrogens (tertiary/aromatic N) is 2. The summed E-state index contributed by atoms with van der Waals surface area (Å²) >= 11 is 0. The summed E-state index contributed by atoms with van der Waals surface area (Å²) < 4.78 is 5.14. The topological polar surface area (TPSA) is 81.0 Å². The Morgan fingerprint density at radius 3 is 2.61 bits per heavy atom. The van der Waals surface area contributed by atoms with Gasteiger partial charge in [0.05, 0.1) is 42.9 Å². The van der Waals surface area contributed by atoms with Gasteiger partial charge in [0.15, 0.2) is 5.76 Å². The van der Waals surface area contributed by atoms with Gasteiger partial charge in [-0.05, 0) is 18.2 Å². The van der Waals surface area contributed by atoms with Crippen molar-refractivity contribution in [1.82, 2.24) is 4.90 Å². The largest absolute Gasteiger partial charge is 0.459 e. The predicted molar refractivity (Wildman–Crippen MR) is 82.1 cm³/mol. The highest BCUT2D eigenvalue weighted by Crippen LogP contribution is 2.16. The number of nitro benzene ring substituents is 1. The Kier molecular flexibility index (Phi) is 4.38. The molecule has 0 atom stereocenters. The third-order valence-electron chi connectivity index (χ3n) is 4.12. The van der Waals surface area contributed by atoms with E-state index in [0.717, 1.165) is 18.7 Å². The predicted octanol–water partition coefficient (Wildman–Crippen LogP) is 0.729. The average molecular weight is 316 g/mol. The van der Waals surface area contributed by atoms with E-state index >= 15 is 0 Å². The van der Waals surface area contributed by atoms with Crippen molar-refractivity contribution in [2.24, 2.45) is 0 Å². The molecule has 3 rings (SSSR count). The number of carbonyl (C=O) groups is 1. The van der Waals surface area contributed by atoms with Gasteiger partial charge in [-0.15, -0.1) is 0 Å². The van der Waals surface area contributed by atoms with E-state index in [1.54, 1.807) is 29.2 Å². The van der Waals surface area contributed by atoms with Crippen molar-refractivity contribution in [2.45, 2.75) is 6.54 Å². The number of benzene rings is 1. The number of para-hydroxylation sites is 1. The maximum absolute atomic E-state index is 12.2. The van der Waals surface area contributed by atoms with E-state index in [2.05, 4.69) is 0 Å². The molecule has 0 radical (unpaired) electrons. The number of hydrogen-bond acceptors (Lipinski definition) is 4. The summed E-state index contributed by atoms with van der Waals surface area (Å²) in [5.74, 6) is 0.256. The molecular weight excluding hydrogens is 298 g/mol. The van der Waals surface area contributed by atoms with Crippen LogP contribution in [0.2, 0.25) is 0 Å². The van der Waals surface area contributed by atoms with Gasteiger partial charge >= 0.3 is 0 Å². The molecule has 0 bridgehead atoms. The van der Waals surface area contributed by atoms with Crippen molar-refractivity contribution in [1.29, 1.82) is 0 Å². The molecule has 0 saturated carbocycles. The number of piperazine rings is 1. The zero-order valence-electron chi connectivity index (χ0n) is 12.6. The van der Waals surface area contributed by atoms with Crippen LogP contribution in [0.25, 0.3) is 0 Å². The lowest BCUT2D eigenvalue weighted by Crippen LogP contribution is -3.13. The summed E-state index contributed by atoms with van der Waals surface area (Å²) in [6.45, 7) is 3.36. The second-order valence-electron chi connectivity index (χ2n) is 5.58. The second-order valence-corrected chi connectivity index (χ2v) is 5.58. The third kappa shape index (κ3) is 3.40. The molecule has 1 aromatic carbocycles. The first-order valence-corrected chi connectivity index (χ1v) is 7.54. The molecule has 1 aliphatic rings. The van der Waals surface area contributed by atoms with Gasteiger partial charge in [-0.2, -0.15) is 0 Å². The summed E-state index contributed by atoms with van der Waals surface area (Å²) in [7, 11) is 0. The first kappa shape index (κ1) is 15.2. The van der Waals surface area contributed by atoms with E-state index in [9.17, 15) is 14.9 Å². The Morgan fingerprint density at radius 2 is 1.96 bits per heavy atom. The van der Waals surface area contributed by atoms with Crippen LogP contribution in [0.3, 0.4) is 0 Å².